The van der Waals surface area contributed by atoms with Gasteiger partial charge in [-0.15, -0.1) is 0 Å². The molecule has 0 aliphatic carbocycles. The number of nitrogens with one attached hydrogen (secondary N) is 1. The second-order valence-electron chi connectivity index (χ2n) is 6.84. The molecule has 1 fully saturated rings. The Morgan fingerprint density at radius 2 is 2.10 bits per heavy atom. The lowest BCUT2D eigenvalue weighted by Crippen LogP contribution is -2.25. The van der Waals surface area contributed by atoms with Gasteiger partial charge in [0.2, 0.25) is 5.91 Å². The van der Waals surface area contributed by atoms with E-state index in [9.17, 15) is 9.59 Å². The molecule has 0 atom stereocenters. The molecule has 1 heterocycles. The highest BCUT2D eigenvalue weighted by Gasteiger charge is 2.21. The Labute approximate surface area is 175 Å². The van der Waals surface area contributed by atoms with Crippen LogP contribution in [0.5, 0.6) is 11.5 Å². The van der Waals surface area contributed by atoms with Crippen LogP contribution in [0.1, 0.15) is 42.1 Å². The second kappa shape index (κ2) is 9.65. The van der Waals surface area contributed by atoms with Crippen LogP contribution >= 0.6 is 11.6 Å². The summed E-state index contributed by atoms with van der Waals surface area (Å²) < 4.78 is 11.0. The normalized spacial score (nSPS) is 13.5. The van der Waals surface area contributed by atoms with Crippen molar-refractivity contribution in [2.45, 2.75) is 32.7 Å². The second-order valence-corrected chi connectivity index (χ2v) is 7.25. The summed E-state index contributed by atoms with van der Waals surface area (Å²) in [4.78, 5) is 26.4. The van der Waals surface area contributed by atoms with E-state index in [0.717, 1.165) is 30.6 Å². The van der Waals surface area contributed by atoms with E-state index in [1.54, 1.807) is 17.0 Å². The number of carbonyl (C=O) groups excluding carboxylic acids is 2. The predicted octanol–water partition coefficient (Wildman–Crippen LogP) is 4.19. The third-order valence-corrected chi connectivity index (χ3v) is 4.97. The molecule has 6 nitrogen and oxygen atoms in total. The number of carbonyl (C=O) groups is 2. The van der Waals surface area contributed by atoms with Gasteiger partial charge in [0.1, 0.15) is 0 Å². The fourth-order valence-electron chi connectivity index (χ4n) is 3.24. The first kappa shape index (κ1) is 21.0. The number of ether oxygens (including phenoxy) is 2. The molecule has 0 unspecified atom stereocenters. The molecule has 1 aliphatic heterocycles. The van der Waals surface area contributed by atoms with Gasteiger partial charge in [-0.3, -0.25) is 9.59 Å². The van der Waals surface area contributed by atoms with Crippen LogP contribution in [-0.4, -0.2) is 32.1 Å². The maximum absolute atomic E-state index is 12.6. The van der Waals surface area contributed by atoms with Crippen molar-refractivity contribution in [3.8, 4) is 11.5 Å². The van der Waals surface area contributed by atoms with Crippen LogP contribution in [0.3, 0.4) is 0 Å². The van der Waals surface area contributed by atoms with Crippen molar-refractivity contribution in [3.63, 3.8) is 0 Å². The molecule has 0 bridgehead atoms. The Hall–Kier alpha value is -2.73. The molecule has 154 valence electrons. The molecule has 0 spiro atoms. The number of anilines is 1. The molecular weight excluding hydrogens is 392 g/mol. The van der Waals surface area contributed by atoms with Crippen molar-refractivity contribution in [2.75, 3.05) is 25.2 Å². The topological polar surface area (TPSA) is 67.9 Å². The fourth-order valence-corrected chi connectivity index (χ4v) is 3.50. The molecular formula is C22H25ClN2O4. The molecule has 0 radical (unpaired) electrons. The van der Waals surface area contributed by atoms with Gasteiger partial charge in [-0.1, -0.05) is 30.7 Å². The Morgan fingerprint density at radius 1 is 1.28 bits per heavy atom. The summed E-state index contributed by atoms with van der Waals surface area (Å²) in [6, 6.07) is 10.8. The lowest BCUT2D eigenvalue weighted by molar-refractivity contribution is -0.117. The minimum Gasteiger partial charge on any atom is -0.493 e. The summed E-state index contributed by atoms with van der Waals surface area (Å²) in [5.74, 6) is 0.731. The number of methoxy groups -OCH3 is 1. The van der Waals surface area contributed by atoms with Crippen LogP contribution < -0.4 is 19.7 Å². The Bertz CT molecular complexity index is 900. The summed E-state index contributed by atoms with van der Waals surface area (Å²) >= 11 is 6.29. The molecule has 1 saturated heterocycles. The molecule has 1 N–H and O–H groups in total. The van der Waals surface area contributed by atoms with Crippen molar-refractivity contribution in [2.24, 2.45) is 0 Å². The van der Waals surface area contributed by atoms with E-state index < -0.39 is 0 Å². The highest BCUT2D eigenvalue weighted by atomic mass is 35.5. The lowest BCUT2D eigenvalue weighted by Gasteiger charge is -2.17. The standard InChI is InChI=1S/C22H25ClN2O4/c1-3-10-29-21-18(23)12-16(13-19(21)28-2)22(27)24-14-15-6-4-7-17(11-15)25-9-5-8-20(25)26/h4,6-7,11-13H,3,5,8-10,14H2,1-2H3,(H,24,27). The quantitative estimate of drug-likeness (QED) is 0.700. The molecule has 7 heteroatoms. The lowest BCUT2D eigenvalue weighted by atomic mass is 10.1. The van der Waals surface area contributed by atoms with E-state index in [2.05, 4.69) is 5.32 Å². The summed E-state index contributed by atoms with van der Waals surface area (Å²) in [7, 11) is 1.51. The molecule has 0 saturated carbocycles. The van der Waals surface area contributed by atoms with Gasteiger partial charge >= 0.3 is 0 Å². The van der Waals surface area contributed by atoms with Crippen LogP contribution in [-0.2, 0) is 11.3 Å². The van der Waals surface area contributed by atoms with Crippen LogP contribution in [0.4, 0.5) is 5.69 Å². The van der Waals surface area contributed by atoms with Crippen molar-refractivity contribution in [1.82, 2.24) is 5.32 Å². The molecule has 2 amide bonds. The van der Waals surface area contributed by atoms with Crippen LogP contribution in [0.15, 0.2) is 36.4 Å². The van der Waals surface area contributed by atoms with Crippen molar-refractivity contribution >= 4 is 29.1 Å². The number of rotatable bonds is 8. The average molecular weight is 417 g/mol. The number of hydrogen-bond acceptors (Lipinski definition) is 4. The van der Waals surface area contributed by atoms with E-state index in [1.165, 1.54) is 7.11 Å². The predicted molar refractivity (Wildman–Crippen MR) is 113 cm³/mol. The van der Waals surface area contributed by atoms with Gasteiger partial charge in [0.05, 0.1) is 18.7 Å². The molecule has 2 aromatic rings. The van der Waals surface area contributed by atoms with Crippen LogP contribution in [0.25, 0.3) is 0 Å². The Kier molecular flexibility index (Phi) is 6.99. The van der Waals surface area contributed by atoms with E-state index in [0.29, 0.717) is 41.7 Å². The number of nitrogens with zero attached hydrogens (tertiary/aromatic N) is 1. The number of hydrogen-bond donors (Lipinski definition) is 1. The molecule has 1 aliphatic rings. The number of benzene rings is 2. The van der Waals surface area contributed by atoms with Gasteiger partial charge in [-0.25, -0.2) is 0 Å². The summed E-state index contributed by atoms with van der Waals surface area (Å²) in [5.41, 5.74) is 2.17. The molecule has 3 rings (SSSR count). The first-order valence-electron chi connectivity index (χ1n) is 9.71. The maximum atomic E-state index is 12.6. The highest BCUT2D eigenvalue weighted by molar-refractivity contribution is 6.32. The van der Waals surface area contributed by atoms with E-state index in [4.69, 9.17) is 21.1 Å². The smallest absolute Gasteiger partial charge is 0.251 e. The van der Waals surface area contributed by atoms with Gasteiger partial charge in [0.25, 0.3) is 5.91 Å². The third-order valence-electron chi connectivity index (χ3n) is 4.69. The molecule has 29 heavy (non-hydrogen) atoms. The SMILES string of the molecule is CCCOc1c(Cl)cc(C(=O)NCc2cccc(N3CCCC3=O)c2)cc1OC. The van der Waals surface area contributed by atoms with E-state index in [-0.39, 0.29) is 11.8 Å². The van der Waals surface area contributed by atoms with Crippen molar-refractivity contribution in [3.05, 3.63) is 52.5 Å². The average Bonchev–Trinajstić information content (AvgIpc) is 3.16. The largest absolute Gasteiger partial charge is 0.493 e. The monoisotopic (exact) mass is 416 g/mol. The Balaban J connectivity index is 1.69. The highest BCUT2D eigenvalue weighted by Crippen LogP contribution is 2.36. The first-order chi connectivity index (χ1) is 14.0. The first-order valence-corrected chi connectivity index (χ1v) is 10.1. The van der Waals surface area contributed by atoms with Gasteiger partial charge in [-0.2, -0.15) is 0 Å². The minimum absolute atomic E-state index is 0.137. The summed E-state index contributed by atoms with van der Waals surface area (Å²) in [6.07, 6.45) is 2.30. The third kappa shape index (κ3) is 5.01. The molecule has 2 aromatic carbocycles. The zero-order valence-corrected chi connectivity index (χ0v) is 17.4. The zero-order valence-electron chi connectivity index (χ0n) is 16.7. The van der Waals surface area contributed by atoms with E-state index >= 15 is 0 Å². The number of amides is 2. The van der Waals surface area contributed by atoms with Gasteiger partial charge in [-0.05, 0) is 42.7 Å². The zero-order chi connectivity index (χ0) is 20.8. The maximum Gasteiger partial charge on any atom is 0.251 e. The summed E-state index contributed by atoms with van der Waals surface area (Å²) in [5, 5.41) is 3.22. The minimum atomic E-state index is -0.269. The van der Waals surface area contributed by atoms with Crippen LogP contribution in [0.2, 0.25) is 5.02 Å². The number of halogens is 1. The van der Waals surface area contributed by atoms with Gasteiger partial charge in [0, 0.05) is 30.8 Å². The van der Waals surface area contributed by atoms with Gasteiger partial charge < -0.3 is 19.7 Å². The molecule has 0 aromatic heterocycles. The van der Waals surface area contributed by atoms with Crippen molar-refractivity contribution in [1.29, 1.82) is 0 Å². The van der Waals surface area contributed by atoms with E-state index in [1.807, 2.05) is 31.2 Å². The summed E-state index contributed by atoms with van der Waals surface area (Å²) in [6.45, 7) is 3.58. The van der Waals surface area contributed by atoms with Crippen molar-refractivity contribution < 1.29 is 19.1 Å². The van der Waals surface area contributed by atoms with Gasteiger partial charge in [0.15, 0.2) is 11.5 Å². The van der Waals surface area contributed by atoms with Crippen LogP contribution in [0, 0.1) is 0 Å². The Morgan fingerprint density at radius 3 is 2.79 bits per heavy atom. The fraction of sp³-hybridized carbons (Fsp3) is 0.364.